The summed E-state index contributed by atoms with van der Waals surface area (Å²) in [6, 6.07) is 7.29. The highest BCUT2D eigenvalue weighted by molar-refractivity contribution is 5.99. The van der Waals surface area contributed by atoms with E-state index < -0.39 is 0 Å². The summed E-state index contributed by atoms with van der Waals surface area (Å²) < 4.78 is 9.45. The summed E-state index contributed by atoms with van der Waals surface area (Å²) in [5, 5.41) is 14.5. The Morgan fingerprint density at radius 1 is 1.32 bits per heavy atom. The van der Waals surface area contributed by atoms with E-state index in [0.29, 0.717) is 0 Å². The fourth-order valence-corrected chi connectivity index (χ4v) is 1.27. The van der Waals surface area contributed by atoms with Crippen molar-refractivity contribution in [2.45, 2.75) is 0 Å². The standard InChI is InChI=1S/C11H12N6O2/c1-18-8-4-2-7(3-5-8)6-14-15-10(12)9-11(13)17-19-16-9/h2-6H,1H3,(H2,12,15)(H2,13,17)/b14-6+. The van der Waals surface area contributed by atoms with E-state index in [4.69, 9.17) is 16.2 Å². The first-order valence-corrected chi connectivity index (χ1v) is 5.29. The Morgan fingerprint density at radius 3 is 2.63 bits per heavy atom. The van der Waals surface area contributed by atoms with Gasteiger partial charge in [0, 0.05) is 0 Å². The minimum atomic E-state index is 0.0310. The quantitative estimate of drug-likeness (QED) is 0.465. The molecule has 1 aromatic carbocycles. The third-order valence-corrected chi connectivity index (χ3v) is 2.24. The molecule has 0 radical (unpaired) electrons. The van der Waals surface area contributed by atoms with Crippen LogP contribution in [0.1, 0.15) is 11.3 Å². The van der Waals surface area contributed by atoms with Crippen molar-refractivity contribution in [1.29, 1.82) is 0 Å². The Labute approximate surface area is 108 Å². The molecule has 0 unspecified atom stereocenters. The van der Waals surface area contributed by atoms with Crippen molar-refractivity contribution in [2.75, 3.05) is 12.8 Å². The molecule has 0 aliphatic heterocycles. The monoisotopic (exact) mass is 260 g/mol. The van der Waals surface area contributed by atoms with Crippen molar-refractivity contribution in [3.05, 3.63) is 35.5 Å². The van der Waals surface area contributed by atoms with E-state index in [1.807, 2.05) is 24.3 Å². The second-order valence-corrected chi connectivity index (χ2v) is 3.50. The van der Waals surface area contributed by atoms with E-state index in [1.54, 1.807) is 7.11 Å². The number of benzene rings is 1. The average Bonchev–Trinajstić information content (AvgIpc) is 2.86. The van der Waals surface area contributed by atoms with E-state index in [1.165, 1.54) is 6.21 Å². The molecule has 19 heavy (non-hydrogen) atoms. The normalized spacial score (nSPS) is 11.9. The van der Waals surface area contributed by atoms with Crippen molar-refractivity contribution < 1.29 is 9.37 Å². The van der Waals surface area contributed by atoms with Crippen LogP contribution in [0.4, 0.5) is 5.82 Å². The second-order valence-electron chi connectivity index (χ2n) is 3.50. The van der Waals surface area contributed by atoms with Crippen molar-refractivity contribution in [3.63, 3.8) is 0 Å². The number of rotatable bonds is 4. The largest absolute Gasteiger partial charge is 0.497 e. The van der Waals surface area contributed by atoms with Gasteiger partial charge in [0.05, 0.1) is 13.3 Å². The molecule has 0 saturated carbocycles. The number of ether oxygens (including phenoxy) is 1. The minimum Gasteiger partial charge on any atom is -0.497 e. The lowest BCUT2D eigenvalue weighted by atomic mass is 10.2. The molecule has 0 spiro atoms. The SMILES string of the molecule is COc1ccc(/C=N/N=C(/N)c2nonc2N)cc1. The molecule has 0 aliphatic carbocycles. The molecule has 0 bridgehead atoms. The van der Waals surface area contributed by atoms with Crippen LogP contribution in [0.5, 0.6) is 5.75 Å². The zero-order chi connectivity index (χ0) is 13.7. The smallest absolute Gasteiger partial charge is 0.199 e. The maximum Gasteiger partial charge on any atom is 0.199 e. The third kappa shape index (κ3) is 3.06. The zero-order valence-corrected chi connectivity index (χ0v) is 10.1. The van der Waals surface area contributed by atoms with Crippen molar-refractivity contribution in [1.82, 2.24) is 10.3 Å². The Morgan fingerprint density at radius 2 is 2.05 bits per heavy atom. The van der Waals surface area contributed by atoms with Crippen LogP contribution < -0.4 is 16.2 Å². The second kappa shape index (κ2) is 5.63. The number of methoxy groups -OCH3 is 1. The molecule has 8 nitrogen and oxygen atoms in total. The summed E-state index contributed by atoms with van der Waals surface area (Å²) in [7, 11) is 1.60. The number of amidine groups is 1. The van der Waals surface area contributed by atoms with Crippen LogP contribution in [0.25, 0.3) is 0 Å². The van der Waals surface area contributed by atoms with Gasteiger partial charge in [-0.1, -0.05) is 0 Å². The third-order valence-electron chi connectivity index (χ3n) is 2.24. The first kappa shape index (κ1) is 12.6. The Hall–Kier alpha value is -2.90. The molecule has 0 fully saturated rings. The van der Waals surface area contributed by atoms with Crippen LogP contribution in [0.2, 0.25) is 0 Å². The number of hydrogen-bond acceptors (Lipinski definition) is 7. The van der Waals surface area contributed by atoms with Crippen LogP contribution in [-0.4, -0.2) is 29.5 Å². The van der Waals surface area contributed by atoms with Crippen molar-refractivity contribution >= 4 is 17.9 Å². The lowest BCUT2D eigenvalue weighted by molar-refractivity contribution is 0.308. The van der Waals surface area contributed by atoms with Gasteiger partial charge < -0.3 is 16.2 Å². The highest BCUT2D eigenvalue weighted by atomic mass is 16.6. The maximum atomic E-state index is 5.62. The molecule has 1 heterocycles. The highest BCUT2D eigenvalue weighted by Gasteiger charge is 2.09. The average molecular weight is 260 g/mol. The molecule has 2 rings (SSSR count). The van der Waals surface area contributed by atoms with Gasteiger partial charge in [-0.05, 0) is 40.1 Å². The summed E-state index contributed by atoms with van der Waals surface area (Å²) in [4.78, 5) is 0. The summed E-state index contributed by atoms with van der Waals surface area (Å²) in [6.45, 7) is 0. The van der Waals surface area contributed by atoms with E-state index >= 15 is 0 Å². The molecule has 8 heteroatoms. The fraction of sp³-hybridized carbons (Fsp3) is 0.0909. The first-order chi connectivity index (χ1) is 9.20. The molecule has 0 aliphatic rings. The molecule has 2 aromatic rings. The van der Waals surface area contributed by atoms with Gasteiger partial charge in [-0.15, -0.1) is 5.10 Å². The number of nitrogens with zero attached hydrogens (tertiary/aromatic N) is 4. The van der Waals surface area contributed by atoms with Gasteiger partial charge in [0.25, 0.3) is 0 Å². The molecule has 0 amide bonds. The number of hydrogen-bond donors (Lipinski definition) is 2. The number of anilines is 1. The molecule has 1 aromatic heterocycles. The van der Waals surface area contributed by atoms with Crippen LogP contribution in [0.3, 0.4) is 0 Å². The topological polar surface area (TPSA) is 125 Å². The highest BCUT2D eigenvalue weighted by Crippen LogP contribution is 2.09. The van der Waals surface area contributed by atoms with Gasteiger partial charge in [-0.3, -0.25) is 0 Å². The molecule has 98 valence electrons. The summed E-state index contributed by atoms with van der Waals surface area (Å²) in [5.74, 6) is 0.867. The van der Waals surface area contributed by atoms with Crippen molar-refractivity contribution in [2.24, 2.45) is 15.9 Å². The van der Waals surface area contributed by atoms with Gasteiger partial charge in [0.2, 0.25) is 0 Å². The molecular formula is C11H12N6O2. The van der Waals surface area contributed by atoms with E-state index in [-0.39, 0.29) is 17.3 Å². The number of nitrogens with two attached hydrogens (primary N) is 2. The molecule has 4 N–H and O–H groups in total. The number of nitrogen functional groups attached to an aromatic ring is 1. The van der Waals surface area contributed by atoms with Crippen LogP contribution in [0.15, 0.2) is 39.1 Å². The summed E-state index contributed by atoms with van der Waals surface area (Å²) in [6.07, 6.45) is 1.54. The molecule has 0 atom stereocenters. The van der Waals surface area contributed by atoms with Gasteiger partial charge in [-0.2, -0.15) is 5.10 Å². The lowest BCUT2D eigenvalue weighted by Gasteiger charge is -1.98. The van der Waals surface area contributed by atoms with E-state index in [0.717, 1.165) is 11.3 Å². The van der Waals surface area contributed by atoms with Crippen LogP contribution in [-0.2, 0) is 0 Å². The number of aromatic nitrogens is 2. The summed E-state index contributed by atoms with van der Waals surface area (Å²) >= 11 is 0. The van der Waals surface area contributed by atoms with Gasteiger partial charge >= 0.3 is 0 Å². The fourth-order valence-electron chi connectivity index (χ4n) is 1.27. The maximum absolute atomic E-state index is 5.62. The van der Waals surface area contributed by atoms with Gasteiger partial charge in [0.1, 0.15) is 5.75 Å². The minimum absolute atomic E-state index is 0.0310. The van der Waals surface area contributed by atoms with E-state index in [9.17, 15) is 0 Å². The molecule has 0 saturated heterocycles. The van der Waals surface area contributed by atoms with Gasteiger partial charge in [-0.25, -0.2) is 4.63 Å². The van der Waals surface area contributed by atoms with Crippen molar-refractivity contribution in [3.8, 4) is 5.75 Å². The lowest BCUT2D eigenvalue weighted by Crippen LogP contribution is -2.15. The van der Waals surface area contributed by atoms with Crippen LogP contribution >= 0.6 is 0 Å². The Kier molecular flexibility index (Phi) is 3.72. The predicted octanol–water partition coefficient (Wildman–Crippen LogP) is 0.400. The zero-order valence-electron chi connectivity index (χ0n) is 10.1. The summed E-state index contributed by atoms with van der Waals surface area (Å²) in [5.41, 5.74) is 12.1. The van der Waals surface area contributed by atoms with Crippen LogP contribution in [0, 0.1) is 0 Å². The Bertz CT molecular complexity index is 602. The predicted molar refractivity (Wildman–Crippen MR) is 70.0 cm³/mol. The molecular weight excluding hydrogens is 248 g/mol. The first-order valence-electron chi connectivity index (χ1n) is 5.29. The van der Waals surface area contributed by atoms with Gasteiger partial charge in [0.15, 0.2) is 17.3 Å². The Balaban J connectivity index is 2.08. The van der Waals surface area contributed by atoms with E-state index in [2.05, 4.69) is 25.1 Å².